The van der Waals surface area contributed by atoms with E-state index in [9.17, 15) is 4.79 Å². The van der Waals surface area contributed by atoms with Gasteiger partial charge in [0.1, 0.15) is 0 Å². The Morgan fingerprint density at radius 2 is 2.08 bits per heavy atom. The summed E-state index contributed by atoms with van der Waals surface area (Å²) in [6, 6.07) is 1.91. The molecule has 4 heterocycles. The molecular formula is C18H24N4O3. The highest BCUT2D eigenvalue weighted by Crippen LogP contribution is 2.32. The Labute approximate surface area is 146 Å². The summed E-state index contributed by atoms with van der Waals surface area (Å²) in [7, 11) is 0. The van der Waals surface area contributed by atoms with Crippen LogP contribution in [0.2, 0.25) is 0 Å². The van der Waals surface area contributed by atoms with Crippen molar-refractivity contribution < 1.29 is 14.3 Å². The minimum Gasteiger partial charge on any atom is -0.381 e. The smallest absolute Gasteiger partial charge is 0.257 e. The van der Waals surface area contributed by atoms with Crippen molar-refractivity contribution in [1.82, 2.24) is 19.5 Å². The molecule has 0 aromatic carbocycles. The number of morpholine rings is 1. The molecule has 1 amide bonds. The number of nitrogens with zero attached hydrogens (tertiary/aromatic N) is 4. The zero-order valence-electron chi connectivity index (χ0n) is 15.0. The maximum atomic E-state index is 13.2. The van der Waals surface area contributed by atoms with Crippen LogP contribution in [0.25, 0.3) is 5.65 Å². The SMILES string of the molecule is Cc1cc2ncc(C(=O)N3CC(C)OC4(CCOCC4)C3)c(C)n2n1. The number of aryl methyl sites for hydroxylation is 2. The largest absolute Gasteiger partial charge is 0.381 e. The van der Waals surface area contributed by atoms with E-state index >= 15 is 0 Å². The van der Waals surface area contributed by atoms with Gasteiger partial charge in [-0.25, -0.2) is 9.50 Å². The van der Waals surface area contributed by atoms with Gasteiger partial charge in [-0.1, -0.05) is 0 Å². The van der Waals surface area contributed by atoms with Gasteiger partial charge in [0.15, 0.2) is 5.65 Å². The zero-order valence-corrected chi connectivity index (χ0v) is 15.0. The maximum Gasteiger partial charge on any atom is 0.257 e. The van der Waals surface area contributed by atoms with Crippen molar-refractivity contribution in [3.63, 3.8) is 0 Å². The summed E-state index contributed by atoms with van der Waals surface area (Å²) < 4.78 is 13.5. The van der Waals surface area contributed by atoms with Crippen molar-refractivity contribution >= 4 is 11.6 Å². The van der Waals surface area contributed by atoms with E-state index in [-0.39, 0.29) is 17.6 Å². The molecule has 0 saturated carbocycles. The highest BCUT2D eigenvalue weighted by molar-refractivity contribution is 5.95. The topological polar surface area (TPSA) is 69.0 Å². The Morgan fingerprint density at radius 3 is 2.84 bits per heavy atom. The number of hydrogen-bond acceptors (Lipinski definition) is 5. The molecule has 2 saturated heterocycles. The molecule has 7 nitrogen and oxygen atoms in total. The molecule has 1 atom stereocenters. The van der Waals surface area contributed by atoms with Gasteiger partial charge < -0.3 is 14.4 Å². The third-order valence-electron chi connectivity index (χ3n) is 5.18. The summed E-state index contributed by atoms with van der Waals surface area (Å²) in [6.45, 7) is 8.45. The predicted molar refractivity (Wildman–Crippen MR) is 91.7 cm³/mol. The normalized spacial score (nSPS) is 23.3. The van der Waals surface area contributed by atoms with Gasteiger partial charge in [-0.2, -0.15) is 5.10 Å². The summed E-state index contributed by atoms with van der Waals surface area (Å²) in [5, 5.41) is 4.44. The lowest BCUT2D eigenvalue weighted by Gasteiger charge is -2.47. The first kappa shape index (κ1) is 16.5. The van der Waals surface area contributed by atoms with Gasteiger partial charge >= 0.3 is 0 Å². The first-order chi connectivity index (χ1) is 12.0. The Kier molecular flexibility index (Phi) is 4.00. The standard InChI is InChI=1S/C18H24N4O3/c1-12-8-16-19-9-15(14(3)22(16)20-12)17(23)21-10-13(2)25-18(11-21)4-6-24-7-5-18/h8-9,13H,4-7,10-11H2,1-3H3. The Bertz CT molecular complexity index is 810. The number of hydrogen-bond donors (Lipinski definition) is 0. The minimum absolute atomic E-state index is 0.000991. The molecular weight excluding hydrogens is 320 g/mol. The molecule has 2 fully saturated rings. The molecule has 1 spiro atoms. The Hall–Kier alpha value is -1.99. The van der Waals surface area contributed by atoms with Crippen LogP contribution in [0.15, 0.2) is 12.3 Å². The molecule has 7 heteroatoms. The number of rotatable bonds is 1. The molecule has 0 bridgehead atoms. The Morgan fingerprint density at radius 1 is 1.32 bits per heavy atom. The molecule has 134 valence electrons. The lowest BCUT2D eigenvalue weighted by Crippen LogP contribution is -2.58. The second-order valence-electron chi connectivity index (χ2n) is 7.22. The number of amides is 1. The third-order valence-corrected chi connectivity index (χ3v) is 5.18. The molecule has 2 aromatic rings. The summed E-state index contributed by atoms with van der Waals surface area (Å²) >= 11 is 0. The maximum absolute atomic E-state index is 13.2. The van der Waals surface area contributed by atoms with Crippen LogP contribution < -0.4 is 0 Å². The van der Waals surface area contributed by atoms with Crippen molar-refractivity contribution in [2.24, 2.45) is 0 Å². The van der Waals surface area contributed by atoms with Crippen LogP contribution in [0.4, 0.5) is 0 Å². The molecule has 0 radical (unpaired) electrons. The lowest BCUT2D eigenvalue weighted by atomic mass is 9.91. The fraction of sp³-hybridized carbons (Fsp3) is 0.611. The van der Waals surface area contributed by atoms with Crippen LogP contribution in [0, 0.1) is 13.8 Å². The van der Waals surface area contributed by atoms with Crippen molar-refractivity contribution in [3.8, 4) is 0 Å². The second kappa shape index (κ2) is 6.07. The van der Waals surface area contributed by atoms with E-state index < -0.39 is 0 Å². The highest BCUT2D eigenvalue weighted by Gasteiger charge is 2.42. The quantitative estimate of drug-likeness (QED) is 0.788. The first-order valence-electron chi connectivity index (χ1n) is 8.84. The molecule has 25 heavy (non-hydrogen) atoms. The minimum atomic E-state index is -0.278. The van der Waals surface area contributed by atoms with E-state index in [1.165, 1.54) is 0 Å². The van der Waals surface area contributed by atoms with Gasteiger partial charge in [-0.05, 0) is 20.8 Å². The number of aromatic nitrogens is 3. The Balaban J connectivity index is 1.64. The van der Waals surface area contributed by atoms with Gasteiger partial charge in [0, 0.05) is 44.9 Å². The van der Waals surface area contributed by atoms with Crippen molar-refractivity contribution in [2.45, 2.75) is 45.3 Å². The van der Waals surface area contributed by atoms with Crippen molar-refractivity contribution in [1.29, 1.82) is 0 Å². The van der Waals surface area contributed by atoms with Crippen LogP contribution in [-0.2, 0) is 9.47 Å². The number of ether oxygens (including phenoxy) is 2. The van der Waals surface area contributed by atoms with E-state index in [4.69, 9.17) is 9.47 Å². The fourth-order valence-corrected chi connectivity index (χ4v) is 3.94. The molecule has 2 aliphatic heterocycles. The van der Waals surface area contributed by atoms with E-state index in [0.29, 0.717) is 31.9 Å². The summed E-state index contributed by atoms with van der Waals surface area (Å²) in [5.41, 5.74) is 2.80. The van der Waals surface area contributed by atoms with Gasteiger partial charge in [0.05, 0.1) is 35.2 Å². The zero-order chi connectivity index (χ0) is 17.6. The summed E-state index contributed by atoms with van der Waals surface area (Å²) in [4.78, 5) is 19.5. The van der Waals surface area contributed by atoms with Crippen LogP contribution in [0.1, 0.15) is 41.5 Å². The number of carbonyl (C=O) groups excluding carboxylic acids is 1. The van der Waals surface area contributed by atoms with Crippen LogP contribution in [-0.4, -0.2) is 63.4 Å². The van der Waals surface area contributed by atoms with Gasteiger partial charge in [0.25, 0.3) is 5.91 Å². The van der Waals surface area contributed by atoms with Crippen LogP contribution >= 0.6 is 0 Å². The first-order valence-corrected chi connectivity index (χ1v) is 8.84. The molecule has 4 rings (SSSR count). The van der Waals surface area contributed by atoms with Crippen LogP contribution in [0.3, 0.4) is 0 Å². The summed E-state index contributed by atoms with van der Waals surface area (Å²) in [6.07, 6.45) is 3.34. The fourth-order valence-electron chi connectivity index (χ4n) is 3.94. The van der Waals surface area contributed by atoms with Gasteiger partial charge in [-0.3, -0.25) is 4.79 Å². The summed E-state index contributed by atoms with van der Waals surface area (Å²) in [5.74, 6) is 0.000991. The second-order valence-corrected chi connectivity index (χ2v) is 7.22. The van der Waals surface area contributed by atoms with Crippen molar-refractivity contribution in [3.05, 3.63) is 29.2 Å². The molecule has 2 aliphatic rings. The lowest BCUT2D eigenvalue weighted by molar-refractivity contribution is -0.176. The number of carbonyl (C=O) groups is 1. The van der Waals surface area contributed by atoms with E-state index in [1.807, 2.05) is 31.7 Å². The third kappa shape index (κ3) is 2.91. The predicted octanol–water partition coefficient (Wildman–Crippen LogP) is 1.76. The van der Waals surface area contributed by atoms with Crippen LogP contribution in [0.5, 0.6) is 0 Å². The monoisotopic (exact) mass is 344 g/mol. The molecule has 2 aromatic heterocycles. The molecule has 0 aliphatic carbocycles. The van der Waals surface area contributed by atoms with Crippen molar-refractivity contribution in [2.75, 3.05) is 26.3 Å². The van der Waals surface area contributed by atoms with Gasteiger partial charge in [-0.15, -0.1) is 0 Å². The number of fused-ring (bicyclic) bond motifs is 1. The van der Waals surface area contributed by atoms with E-state index in [0.717, 1.165) is 29.9 Å². The molecule has 0 N–H and O–H groups in total. The average molecular weight is 344 g/mol. The van der Waals surface area contributed by atoms with E-state index in [2.05, 4.69) is 10.1 Å². The average Bonchev–Trinajstić information content (AvgIpc) is 2.96. The van der Waals surface area contributed by atoms with Gasteiger partial charge in [0.2, 0.25) is 0 Å². The van der Waals surface area contributed by atoms with E-state index in [1.54, 1.807) is 10.7 Å². The highest BCUT2D eigenvalue weighted by atomic mass is 16.5. The molecule has 1 unspecified atom stereocenters.